The molecule has 7 nitrogen and oxygen atoms in total. The molecule has 1 heterocycles. The maximum atomic E-state index is 12.3. The second-order valence-electron chi connectivity index (χ2n) is 5.95. The monoisotopic (exact) mass is 332 g/mol. The van der Waals surface area contributed by atoms with Crippen LogP contribution < -0.4 is 5.32 Å². The number of morpholine rings is 1. The zero-order valence-electron chi connectivity index (χ0n) is 13.5. The first-order valence-corrected chi connectivity index (χ1v) is 7.96. The number of hydrogen-bond donors (Lipinski definition) is 1. The number of methoxy groups -OCH3 is 1. The minimum absolute atomic E-state index is 0.0294. The van der Waals surface area contributed by atoms with Gasteiger partial charge in [-0.1, -0.05) is 6.07 Å². The molecule has 2 amide bonds. The number of esters is 1. The van der Waals surface area contributed by atoms with Crippen LogP contribution in [0.3, 0.4) is 0 Å². The molecule has 2 atom stereocenters. The van der Waals surface area contributed by atoms with Gasteiger partial charge >= 0.3 is 5.97 Å². The SMILES string of the molecule is COC(=O)c1cccc(NC(=O)C2CC2C(=O)N2CCOCC2)c1. The topological polar surface area (TPSA) is 84.9 Å². The first kappa shape index (κ1) is 16.4. The molecule has 1 N–H and O–H groups in total. The van der Waals surface area contributed by atoms with Crippen LogP contribution >= 0.6 is 0 Å². The van der Waals surface area contributed by atoms with Crippen LogP contribution in [0.1, 0.15) is 16.8 Å². The summed E-state index contributed by atoms with van der Waals surface area (Å²) in [6.45, 7) is 2.28. The van der Waals surface area contributed by atoms with E-state index < -0.39 is 5.97 Å². The Morgan fingerprint density at radius 2 is 1.96 bits per heavy atom. The van der Waals surface area contributed by atoms with Gasteiger partial charge in [0.2, 0.25) is 11.8 Å². The van der Waals surface area contributed by atoms with E-state index in [4.69, 9.17) is 4.74 Å². The predicted molar refractivity (Wildman–Crippen MR) is 85.4 cm³/mol. The van der Waals surface area contributed by atoms with Gasteiger partial charge in [-0.05, 0) is 24.6 Å². The number of carbonyl (C=O) groups is 3. The van der Waals surface area contributed by atoms with Gasteiger partial charge in [0, 0.05) is 18.8 Å². The van der Waals surface area contributed by atoms with Crippen LogP contribution in [0.15, 0.2) is 24.3 Å². The van der Waals surface area contributed by atoms with Gasteiger partial charge in [0.25, 0.3) is 0 Å². The fraction of sp³-hybridized carbons (Fsp3) is 0.471. The molecular formula is C17H20N2O5. The highest BCUT2D eigenvalue weighted by Gasteiger charge is 2.49. The zero-order chi connectivity index (χ0) is 17.1. The van der Waals surface area contributed by atoms with Crippen molar-refractivity contribution >= 4 is 23.5 Å². The van der Waals surface area contributed by atoms with Crippen molar-refractivity contribution in [1.29, 1.82) is 0 Å². The minimum Gasteiger partial charge on any atom is -0.465 e. The number of nitrogens with one attached hydrogen (secondary N) is 1. The van der Waals surface area contributed by atoms with Crippen LogP contribution in [0.25, 0.3) is 0 Å². The van der Waals surface area contributed by atoms with Gasteiger partial charge in [-0.15, -0.1) is 0 Å². The molecule has 0 aromatic heterocycles. The minimum atomic E-state index is -0.460. The molecule has 1 aromatic carbocycles. The van der Waals surface area contributed by atoms with E-state index in [0.717, 1.165) is 0 Å². The lowest BCUT2D eigenvalue weighted by Crippen LogP contribution is -2.42. The lowest BCUT2D eigenvalue weighted by Gasteiger charge is -2.27. The van der Waals surface area contributed by atoms with Gasteiger partial charge in [-0.3, -0.25) is 9.59 Å². The molecule has 128 valence electrons. The number of ether oxygens (including phenoxy) is 2. The Morgan fingerprint density at radius 1 is 1.21 bits per heavy atom. The zero-order valence-corrected chi connectivity index (χ0v) is 13.5. The largest absolute Gasteiger partial charge is 0.465 e. The summed E-state index contributed by atoms with van der Waals surface area (Å²) in [4.78, 5) is 37.9. The van der Waals surface area contributed by atoms with Gasteiger partial charge in [-0.25, -0.2) is 4.79 Å². The van der Waals surface area contributed by atoms with Crippen LogP contribution in [0.2, 0.25) is 0 Å². The molecule has 0 bridgehead atoms. The predicted octanol–water partition coefficient (Wildman–Crippen LogP) is 0.907. The maximum absolute atomic E-state index is 12.3. The van der Waals surface area contributed by atoms with E-state index in [9.17, 15) is 14.4 Å². The number of anilines is 1. The van der Waals surface area contributed by atoms with Gasteiger partial charge in [-0.2, -0.15) is 0 Å². The summed E-state index contributed by atoms with van der Waals surface area (Å²) in [6.07, 6.45) is 0.568. The Hall–Kier alpha value is -2.41. The van der Waals surface area contributed by atoms with Crippen molar-refractivity contribution in [1.82, 2.24) is 4.90 Å². The molecule has 2 aliphatic rings. The molecular weight excluding hydrogens is 312 g/mol. The molecule has 24 heavy (non-hydrogen) atoms. The molecule has 2 unspecified atom stereocenters. The quantitative estimate of drug-likeness (QED) is 0.828. The summed E-state index contributed by atoms with van der Waals surface area (Å²) in [5.41, 5.74) is 0.888. The molecule has 2 fully saturated rings. The van der Waals surface area contributed by atoms with E-state index in [2.05, 4.69) is 10.1 Å². The Kier molecular flexibility index (Phi) is 4.80. The summed E-state index contributed by atoms with van der Waals surface area (Å²) in [5, 5.41) is 2.77. The fourth-order valence-electron chi connectivity index (χ4n) is 2.85. The van der Waals surface area contributed by atoms with Crippen LogP contribution in [0.4, 0.5) is 5.69 Å². The lowest BCUT2D eigenvalue weighted by molar-refractivity contribution is -0.137. The standard InChI is InChI=1S/C17H20N2O5/c1-23-17(22)11-3-2-4-12(9-11)18-15(20)13-10-14(13)16(21)19-5-7-24-8-6-19/h2-4,9,13-14H,5-8,10H2,1H3,(H,18,20). The molecule has 0 spiro atoms. The van der Waals surface area contributed by atoms with Crippen molar-refractivity contribution in [2.45, 2.75) is 6.42 Å². The molecule has 1 saturated carbocycles. The Labute approximate surface area is 139 Å². The first-order chi connectivity index (χ1) is 11.6. The third kappa shape index (κ3) is 3.56. The van der Waals surface area contributed by atoms with E-state index >= 15 is 0 Å². The fourth-order valence-corrected chi connectivity index (χ4v) is 2.85. The Balaban J connectivity index is 1.57. The van der Waals surface area contributed by atoms with Gasteiger partial charge in [0.1, 0.15) is 0 Å². The van der Waals surface area contributed by atoms with E-state index in [1.807, 2.05) is 0 Å². The van der Waals surface area contributed by atoms with Crippen molar-refractivity contribution < 1.29 is 23.9 Å². The summed E-state index contributed by atoms with van der Waals surface area (Å²) >= 11 is 0. The average Bonchev–Trinajstić information content (AvgIpc) is 3.42. The second-order valence-corrected chi connectivity index (χ2v) is 5.95. The molecule has 1 aromatic rings. The highest BCUT2D eigenvalue weighted by molar-refractivity contribution is 6.00. The summed E-state index contributed by atoms with van der Waals surface area (Å²) < 4.78 is 9.89. The molecule has 7 heteroatoms. The molecule has 1 saturated heterocycles. The van der Waals surface area contributed by atoms with Crippen molar-refractivity contribution in [2.24, 2.45) is 11.8 Å². The second kappa shape index (κ2) is 7.00. The van der Waals surface area contributed by atoms with Crippen LogP contribution in [-0.2, 0) is 19.1 Å². The summed E-state index contributed by atoms with van der Waals surface area (Å²) in [5.74, 6) is -1.17. The van der Waals surface area contributed by atoms with Gasteiger partial charge in [0.05, 0.1) is 37.7 Å². The van der Waals surface area contributed by atoms with Crippen molar-refractivity contribution in [3.05, 3.63) is 29.8 Å². The van der Waals surface area contributed by atoms with Crippen molar-refractivity contribution in [2.75, 3.05) is 38.7 Å². The van der Waals surface area contributed by atoms with Crippen LogP contribution in [0.5, 0.6) is 0 Å². The smallest absolute Gasteiger partial charge is 0.337 e. The maximum Gasteiger partial charge on any atom is 0.337 e. The summed E-state index contributed by atoms with van der Waals surface area (Å²) in [7, 11) is 1.31. The summed E-state index contributed by atoms with van der Waals surface area (Å²) in [6, 6.07) is 6.55. The van der Waals surface area contributed by atoms with Gasteiger partial charge < -0.3 is 19.7 Å². The van der Waals surface area contributed by atoms with E-state index in [1.54, 1.807) is 29.2 Å². The van der Waals surface area contributed by atoms with Crippen molar-refractivity contribution in [3.8, 4) is 0 Å². The van der Waals surface area contributed by atoms with E-state index in [0.29, 0.717) is 44.0 Å². The number of carbonyl (C=O) groups excluding carboxylic acids is 3. The highest BCUT2D eigenvalue weighted by Crippen LogP contribution is 2.41. The number of hydrogen-bond acceptors (Lipinski definition) is 5. The lowest BCUT2D eigenvalue weighted by atomic mass is 10.2. The number of benzene rings is 1. The third-order valence-electron chi connectivity index (χ3n) is 4.32. The van der Waals surface area contributed by atoms with E-state index in [-0.39, 0.29) is 23.7 Å². The highest BCUT2D eigenvalue weighted by atomic mass is 16.5. The van der Waals surface area contributed by atoms with Crippen LogP contribution in [-0.4, -0.2) is 56.1 Å². The molecule has 1 aliphatic carbocycles. The molecule has 0 radical (unpaired) electrons. The molecule has 3 rings (SSSR count). The third-order valence-corrected chi connectivity index (χ3v) is 4.32. The number of amides is 2. The number of nitrogens with zero attached hydrogens (tertiary/aromatic N) is 1. The van der Waals surface area contributed by atoms with Crippen molar-refractivity contribution in [3.63, 3.8) is 0 Å². The van der Waals surface area contributed by atoms with Gasteiger partial charge in [0.15, 0.2) is 0 Å². The Bertz CT molecular complexity index is 654. The first-order valence-electron chi connectivity index (χ1n) is 7.96. The van der Waals surface area contributed by atoms with Crippen LogP contribution in [0, 0.1) is 11.8 Å². The number of rotatable bonds is 4. The van der Waals surface area contributed by atoms with E-state index in [1.165, 1.54) is 7.11 Å². The molecule has 1 aliphatic heterocycles. The Morgan fingerprint density at radius 3 is 2.67 bits per heavy atom. The average molecular weight is 332 g/mol. The normalized spacial score (nSPS) is 22.6.